The van der Waals surface area contributed by atoms with Crippen molar-refractivity contribution >= 4 is 28.1 Å². The second-order valence-electron chi connectivity index (χ2n) is 8.15. The summed E-state index contributed by atoms with van der Waals surface area (Å²) in [5.41, 5.74) is 0. The predicted octanol–water partition coefficient (Wildman–Crippen LogP) is -0.841. The van der Waals surface area contributed by atoms with E-state index in [0.717, 1.165) is 0 Å². The fraction of sp³-hybridized carbons (Fsp3) is 0.833. The van der Waals surface area contributed by atoms with Gasteiger partial charge in [0, 0.05) is 59.3 Å². The van der Waals surface area contributed by atoms with Crippen LogP contribution in [-0.2, 0) is 24.5 Å². The molecular formula is C18H31N5O6S. The van der Waals surface area contributed by atoms with E-state index >= 15 is 0 Å². The van der Waals surface area contributed by atoms with Crippen molar-refractivity contribution in [2.24, 2.45) is 0 Å². The fourth-order valence-corrected chi connectivity index (χ4v) is 5.83. The number of ether oxygens (including phenoxy) is 1. The summed E-state index contributed by atoms with van der Waals surface area (Å²) in [6, 6.07) is -0.335. The average Bonchev–Trinajstić information content (AvgIpc) is 2.93. The summed E-state index contributed by atoms with van der Waals surface area (Å²) in [4.78, 5) is 40.3. The van der Waals surface area contributed by atoms with E-state index in [1.807, 2.05) is 13.8 Å². The molecule has 11 nitrogen and oxygen atoms in total. The van der Waals surface area contributed by atoms with Crippen molar-refractivity contribution in [2.45, 2.75) is 38.9 Å². The lowest BCUT2D eigenvalue weighted by Gasteiger charge is -2.40. The van der Waals surface area contributed by atoms with Crippen LogP contribution in [0.1, 0.15) is 26.7 Å². The number of piperazine rings is 1. The Hall–Kier alpha value is -1.76. The highest BCUT2D eigenvalue weighted by atomic mass is 32.2. The molecule has 3 rings (SSSR count). The maximum atomic E-state index is 12.9. The third kappa shape index (κ3) is 4.93. The van der Waals surface area contributed by atoms with E-state index < -0.39 is 10.2 Å². The van der Waals surface area contributed by atoms with Crippen LogP contribution in [0.2, 0.25) is 0 Å². The summed E-state index contributed by atoms with van der Waals surface area (Å²) < 4.78 is 34.4. The SMILES string of the molecule is CC1CN(S(=O)(=O)N2CCN(C(=O)CCCN3C(=O)CN(C)C3=O)CC2)CC(C)O1. The molecule has 0 radical (unpaired) electrons. The Bertz CT molecular complexity index is 772. The lowest BCUT2D eigenvalue weighted by molar-refractivity contribution is -0.133. The standard InChI is InChI=1S/C18H31N5O6S/c1-14-11-22(12-15(2)29-14)30(27,28)21-9-7-20(8-10-21)16(24)5-4-6-23-17(25)13-19(3)18(23)26/h14-15H,4-13H2,1-3H3. The molecule has 3 aliphatic heterocycles. The molecule has 3 saturated heterocycles. The average molecular weight is 446 g/mol. The zero-order valence-corrected chi connectivity index (χ0v) is 18.6. The van der Waals surface area contributed by atoms with E-state index in [4.69, 9.17) is 4.74 Å². The molecule has 0 aromatic rings. The Morgan fingerprint density at radius 1 is 1.03 bits per heavy atom. The van der Waals surface area contributed by atoms with Gasteiger partial charge in [0.05, 0.1) is 12.2 Å². The van der Waals surface area contributed by atoms with Gasteiger partial charge in [-0.25, -0.2) is 4.79 Å². The molecule has 170 valence electrons. The van der Waals surface area contributed by atoms with Crippen molar-refractivity contribution in [3.63, 3.8) is 0 Å². The lowest BCUT2D eigenvalue weighted by atomic mass is 10.2. The summed E-state index contributed by atoms with van der Waals surface area (Å²) in [7, 11) is -2.02. The van der Waals surface area contributed by atoms with Crippen LogP contribution in [0.15, 0.2) is 0 Å². The van der Waals surface area contributed by atoms with Gasteiger partial charge in [-0.05, 0) is 20.3 Å². The van der Waals surface area contributed by atoms with Crippen molar-refractivity contribution in [1.29, 1.82) is 0 Å². The minimum Gasteiger partial charge on any atom is -0.373 e. The highest BCUT2D eigenvalue weighted by molar-refractivity contribution is 7.86. The largest absolute Gasteiger partial charge is 0.373 e. The molecule has 2 atom stereocenters. The van der Waals surface area contributed by atoms with E-state index in [-0.39, 0.29) is 62.7 Å². The van der Waals surface area contributed by atoms with Crippen molar-refractivity contribution in [3.05, 3.63) is 0 Å². The maximum absolute atomic E-state index is 12.9. The molecule has 0 saturated carbocycles. The highest BCUT2D eigenvalue weighted by Crippen LogP contribution is 2.19. The van der Waals surface area contributed by atoms with E-state index in [9.17, 15) is 22.8 Å². The van der Waals surface area contributed by atoms with Crippen LogP contribution in [0.3, 0.4) is 0 Å². The first-order valence-corrected chi connectivity index (χ1v) is 11.7. The second-order valence-corrected chi connectivity index (χ2v) is 10.1. The van der Waals surface area contributed by atoms with Crippen LogP contribution in [0.4, 0.5) is 4.79 Å². The lowest BCUT2D eigenvalue weighted by Crippen LogP contribution is -2.57. The first-order chi connectivity index (χ1) is 14.1. The number of carbonyl (C=O) groups is 3. The molecule has 3 heterocycles. The minimum absolute atomic E-state index is 0.0733. The molecule has 0 aliphatic carbocycles. The summed E-state index contributed by atoms with van der Waals surface area (Å²) in [6.07, 6.45) is 0.305. The van der Waals surface area contributed by atoms with Gasteiger partial charge in [-0.15, -0.1) is 0 Å². The molecule has 30 heavy (non-hydrogen) atoms. The predicted molar refractivity (Wildman–Crippen MR) is 108 cm³/mol. The van der Waals surface area contributed by atoms with Gasteiger partial charge in [-0.2, -0.15) is 17.0 Å². The monoisotopic (exact) mass is 445 g/mol. The zero-order valence-electron chi connectivity index (χ0n) is 17.8. The Labute approximate surface area is 177 Å². The first-order valence-electron chi connectivity index (χ1n) is 10.3. The molecular weight excluding hydrogens is 414 g/mol. The van der Waals surface area contributed by atoms with Gasteiger partial charge < -0.3 is 14.5 Å². The van der Waals surface area contributed by atoms with E-state index in [2.05, 4.69) is 0 Å². The van der Waals surface area contributed by atoms with Crippen LogP contribution in [-0.4, -0.2) is 121 Å². The zero-order chi connectivity index (χ0) is 22.1. The summed E-state index contributed by atoms with van der Waals surface area (Å²) in [5.74, 6) is -0.339. The molecule has 0 spiro atoms. The number of carbonyl (C=O) groups excluding carboxylic acids is 3. The number of urea groups is 1. The molecule has 4 amide bonds. The Morgan fingerprint density at radius 3 is 2.17 bits per heavy atom. The van der Waals surface area contributed by atoms with Crippen LogP contribution in [0.25, 0.3) is 0 Å². The number of morpholine rings is 1. The van der Waals surface area contributed by atoms with Gasteiger partial charge in [0.25, 0.3) is 10.2 Å². The number of nitrogens with zero attached hydrogens (tertiary/aromatic N) is 5. The van der Waals surface area contributed by atoms with Crippen LogP contribution < -0.4 is 0 Å². The fourth-order valence-electron chi connectivity index (χ4n) is 4.09. The molecule has 0 aromatic carbocycles. The summed E-state index contributed by atoms with van der Waals surface area (Å²) in [5, 5.41) is 0. The highest BCUT2D eigenvalue weighted by Gasteiger charge is 2.37. The molecule has 3 aliphatic rings. The minimum atomic E-state index is -3.58. The quantitative estimate of drug-likeness (QED) is 0.493. The number of likely N-dealkylation sites (N-methyl/N-ethyl adjacent to an activating group) is 1. The van der Waals surface area contributed by atoms with Gasteiger partial charge in [0.15, 0.2) is 0 Å². The first kappa shape index (κ1) is 22.9. The molecule has 2 unspecified atom stereocenters. The van der Waals surface area contributed by atoms with E-state index in [0.29, 0.717) is 32.6 Å². The number of hydrogen-bond donors (Lipinski definition) is 0. The van der Waals surface area contributed by atoms with E-state index in [1.165, 1.54) is 18.4 Å². The van der Waals surface area contributed by atoms with Crippen molar-refractivity contribution in [3.8, 4) is 0 Å². The van der Waals surface area contributed by atoms with E-state index in [1.54, 1.807) is 11.9 Å². The number of hydrogen-bond acceptors (Lipinski definition) is 6. The number of imide groups is 1. The Morgan fingerprint density at radius 2 is 1.63 bits per heavy atom. The van der Waals surface area contributed by atoms with Crippen molar-refractivity contribution < 1.29 is 27.5 Å². The third-order valence-corrected chi connectivity index (χ3v) is 7.60. The van der Waals surface area contributed by atoms with Crippen LogP contribution >= 0.6 is 0 Å². The second kappa shape index (κ2) is 9.16. The van der Waals surface area contributed by atoms with Gasteiger partial charge in [0.1, 0.15) is 6.54 Å². The molecule has 0 bridgehead atoms. The normalized spacial score (nSPS) is 27.2. The van der Waals surface area contributed by atoms with Crippen molar-refractivity contribution in [1.82, 2.24) is 23.3 Å². The smallest absolute Gasteiger partial charge is 0.326 e. The van der Waals surface area contributed by atoms with Crippen LogP contribution in [0.5, 0.6) is 0 Å². The molecule has 0 aromatic heterocycles. The third-order valence-electron chi connectivity index (χ3n) is 5.63. The molecule has 12 heteroatoms. The topological polar surface area (TPSA) is 111 Å². The van der Waals surface area contributed by atoms with Crippen LogP contribution in [0, 0.1) is 0 Å². The maximum Gasteiger partial charge on any atom is 0.326 e. The van der Waals surface area contributed by atoms with Crippen molar-refractivity contribution in [2.75, 3.05) is 59.4 Å². The Kier molecular flexibility index (Phi) is 7.00. The van der Waals surface area contributed by atoms with Gasteiger partial charge in [-0.3, -0.25) is 14.5 Å². The summed E-state index contributed by atoms with van der Waals surface area (Å²) >= 11 is 0. The Balaban J connectivity index is 1.45. The summed E-state index contributed by atoms with van der Waals surface area (Å²) in [6.45, 7) is 5.83. The van der Waals surface area contributed by atoms with Gasteiger partial charge in [-0.1, -0.05) is 0 Å². The van der Waals surface area contributed by atoms with Gasteiger partial charge in [0.2, 0.25) is 11.8 Å². The van der Waals surface area contributed by atoms with Gasteiger partial charge >= 0.3 is 6.03 Å². The molecule has 3 fully saturated rings. The number of rotatable bonds is 6. The number of amides is 4. The molecule has 0 N–H and O–H groups in total.